The van der Waals surface area contributed by atoms with Crippen LogP contribution in [-0.4, -0.2) is 11.8 Å². The highest BCUT2D eigenvalue weighted by atomic mass is 16.1. The van der Waals surface area contributed by atoms with Gasteiger partial charge in [0.15, 0.2) is 5.78 Å². The molecule has 2 heteroatoms. The molecule has 1 rings (SSSR count). The Bertz CT molecular complexity index is 245. The van der Waals surface area contributed by atoms with Crippen LogP contribution >= 0.6 is 0 Å². The van der Waals surface area contributed by atoms with Crippen LogP contribution in [0, 0.1) is 0 Å². The van der Waals surface area contributed by atoms with Crippen LogP contribution < -0.4 is 5.73 Å². The summed E-state index contributed by atoms with van der Waals surface area (Å²) in [5.74, 6) is 0.294. The van der Waals surface area contributed by atoms with Gasteiger partial charge in [0.1, 0.15) is 0 Å². The molecule has 0 radical (unpaired) electrons. The first-order valence-electron chi connectivity index (χ1n) is 6.72. The predicted octanol–water partition coefficient (Wildman–Crippen LogP) is 3.35. The minimum absolute atomic E-state index is 0.0591. The average Bonchev–Trinajstić information content (AvgIpc) is 2.16. The Morgan fingerprint density at radius 2 is 2.12 bits per heavy atom. The quantitative estimate of drug-likeness (QED) is 0.776. The summed E-state index contributed by atoms with van der Waals surface area (Å²) in [4.78, 5) is 12.0. The van der Waals surface area contributed by atoms with Gasteiger partial charge < -0.3 is 5.73 Å². The Hall–Kier alpha value is -0.630. The number of rotatable bonds is 5. The van der Waals surface area contributed by atoms with Crippen LogP contribution in [-0.2, 0) is 4.79 Å². The van der Waals surface area contributed by atoms with Gasteiger partial charge in [0.2, 0.25) is 0 Å². The highest BCUT2D eigenvalue weighted by Crippen LogP contribution is 2.19. The van der Waals surface area contributed by atoms with Crippen molar-refractivity contribution in [3.05, 3.63) is 11.6 Å². The number of carbonyl (C=O) groups is 1. The third-order valence-electron chi connectivity index (χ3n) is 3.26. The lowest BCUT2D eigenvalue weighted by Crippen LogP contribution is -2.24. The van der Waals surface area contributed by atoms with Gasteiger partial charge in [-0.1, -0.05) is 32.3 Å². The second kappa shape index (κ2) is 7.61. The lowest BCUT2D eigenvalue weighted by molar-refractivity contribution is -0.116. The molecule has 2 nitrogen and oxygen atoms in total. The average molecular weight is 223 g/mol. The van der Waals surface area contributed by atoms with E-state index in [-0.39, 0.29) is 6.04 Å². The summed E-state index contributed by atoms with van der Waals surface area (Å²) < 4.78 is 0. The molecule has 0 amide bonds. The number of hydrogen-bond donors (Lipinski definition) is 1. The molecule has 0 aromatic carbocycles. The first-order valence-corrected chi connectivity index (χ1v) is 6.72. The van der Waals surface area contributed by atoms with Gasteiger partial charge in [-0.05, 0) is 37.7 Å². The lowest BCUT2D eigenvalue weighted by atomic mass is 9.94. The molecule has 0 aromatic rings. The van der Waals surface area contributed by atoms with Crippen LogP contribution in [0.15, 0.2) is 11.6 Å². The van der Waals surface area contributed by atoms with Crippen LogP contribution in [0.3, 0.4) is 0 Å². The van der Waals surface area contributed by atoms with E-state index in [2.05, 4.69) is 13.0 Å². The molecule has 1 aliphatic rings. The lowest BCUT2D eigenvalue weighted by Gasteiger charge is -2.13. The van der Waals surface area contributed by atoms with Crippen molar-refractivity contribution in [1.29, 1.82) is 0 Å². The largest absolute Gasteiger partial charge is 0.327 e. The molecule has 0 saturated carbocycles. The summed E-state index contributed by atoms with van der Waals surface area (Å²) in [7, 11) is 0. The van der Waals surface area contributed by atoms with Gasteiger partial charge in [0.05, 0.1) is 0 Å². The maximum atomic E-state index is 12.0. The molecular weight excluding hydrogens is 198 g/mol. The fourth-order valence-corrected chi connectivity index (χ4v) is 2.29. The normalized spacial score (nSPS) is 19.5. The molecule has 1 unspecified atom stereocenters. The van der Waals surface area contributed by atoms with Gasteiger partial charge >= 0.3 is 0 Å². The Kier molecular flexibility index (Phi) is 6.39. The SMILES string of the molecule is CCCC(N)CC(=O)C1=CCCCCCC1. The molecule has 92 valence electrons. The summed E-state index contributed by atoms with van der Waals surface area (Å²) >= 11 is 0. The number of nitrogens with two attached hydrogens (primary N) is 1. The number of allylic oxidation sites excluding steroid dienone is 2. The highest BCUT2D eigenvalue weighted by molar-refractivity contribution is 5.95. The zero-order chi connectivity index (χ0) is 11.8. The summed E-state index contributed by atoms with van der Waals surface area (Å²) in [5.41, 5.74) is 6.96. The monoisotopic (exact) mass is 223 g/mol. The minimum Gasteiger partial charge on any atom is -0.327 e. The van der Waals surface area contributed by atoms with E-state index in [1.165, 1.54) is 25.7 Å². The van der Waals surface area contributed by atoms with E-state index >= 15 is 0 Å². The first-order chi connectivity index (χ1) is 7.74. The topological polar surface area (TPSA) is 43.1 Å². The molecule has 0 bridgehead atoms. The zero-order valence-corrected chi connectivity index (χ0v) is 10.5. The van der Waals surface area contributed by atoms with E-state index in [1.54, 1.807) is 0 Å². The molecule has 0 saturated heterocycles. The van der Waals surface area contributed by atoms with Gasteiger partial charge in [0.25, 0.3) is 0 Å². The minimum atomic E-state index is 0.0591. The molecule has 1 atom stereocenters. The molecule has 0 heterocycles. The molecule has 0 fully saturated rings. The van der Waals surface area contributed by atoms with Gasteiger partial charge in [-0.3, -0.25) is 4.79 Å². The van der Waals surface area contributed by atoms with Gasteiger partial charge in [-0.25, -0.2) is 0 Å². The Morgan fingerprint density at radius 3 is 2.88 bits per heavy atom. The third-order valence-corrected chi connectivity index (χ3v) is 3.26. The van der Waals surface area contributed by atoms with Crippen LogP contribution in [0.4, 0.5) is 0 Å². The van der Waals surface area contributed by atoms with Crippen molar-refractivity contribution in [2.45, 2.75) is 70.8 Å². The molecule has 0 aliphatic heterocycles. The molecule has 1 aliphatic carbocycles. The standard InChI is InChI=1S/C14H25NO/c1-2-8-13(15)11-14(16)12-9-6-4-3-5-7-10-12/h9,13H,2-8,10-11,15H2,1H3. The van der Waals surface area contributed by atoms with E-state index in [1.807, 2.05) is 0 Å². The van der Waals surface area contributed by atoms with Crippen LogP contribution in [0.1, 0.15) is 64.7 Å². The van der Waals surface area contributed by atoms with E-state index in [0.717, 1.165) is 31.3 Å². The van der Waals surface area contributed by atoms with Crippen molar-refractivity contribution in [3.63, 3.8) is 0 Å². The molecule has 0 spiro atoms. The maximum Gasteiger partial charge on any atom is 0.160 e. The van der Waals surface area contributed by atoms with Crippen LogP contribution in [0.2, 0.25) is 0 Å². The summed E-state index contributed by atoms with van der Waals surface area (Å²) in [6, 6.07) is 0.0591. The predicted molar refractivity (Wildman–Crippen MR) is 68.3 cm³/mol. The smallest absolute Gasteiger partial charge is 0.160 e. The van der Waals surface area contributed by atoms with Crippen molar-refractivity contribution in [1.82, 2.24) is 0 Å². The van der Waals surface area contributed by atoms with Crippen LogP contribution in [0.5, 0.6) is 0 Å². The van der Waals surface area contributed by atoms with Crippen molar-refractivity contribution in [2.24, 2.45) is 5.73 Å². The summed E-state index contributed by atoms with van der Waals surface area (Å²) in [6.07, 6.45) is 11.7. The van der Waals surface area contributed by atoms with E-state index in [9.17, 15) is 4.79 Å². The maximum absolute atomic E-state index is 12.0. The van der Waals surface area contributed by atoms with Crippen molar-refractivity contribution in [3.8, 4) is 0 Å². The fourth-order valence-electron chi connectivity index (χ4n) is 2.29. The zero-order valence-electron chi connectivity index (χ0n) is 10.5. The Labute approximate surface area is 99.3 Å². The van der Waals surface area contributed by atoms with Gasteiger partial charge in [-0.2, -0.15) is 0 Å². The second-order valence-corrected chi connectivity index (χ2v) is 4.86. The molecule has 16 heavy (non-hydrogen) atoms. The number of hydrogen-bond acceptors (Lipinski definition) is 2. The number of carbonyl (C=O) groups excluding carboxylic acids is 1. The Morgan fingerprint density at radius 1 is 1.38 bits per heavy atom. The molecule has 2 N–H and O–H groups in total. The number of Topliss-reactive ketones (excluding diaryl/α,β-unsaturated/α-hetero) is 1. The van der Waals surface area contributed by atoms with Crippen molar-refractivity contribution in [2.75, 3.05) is 0 Å². The molecular formula is C14H25NO. The van der Waals surface area contributed by atoms with Crippen molar-refractivity contribution >= 4 is 5.78 Å². The van der Waals surface area contributed by atoms with E-state index in [4.69, 9.17) is 5.73 Å². The van der Waals surface area contributed by atoms with Crippen molar-refractivity contribution < 1.29 is 4.79 Å². The van der Waals surface area contributed by atoms with E-state index < -0.39 is 0 Å². The van der Waals surface area contributed by atoms with Crippen LogP contribution in [0.25, 0.3) is 0 Å². The number of ketones is 1. The molecule has 0 aromatic heterocycles. The fraction of sp³-hybridized carbons (Fsp3) is 0.786. The summed E-state index contributed by atoms with van der Waals surface area (Å²) in [6.45, 7) is 2.11. The second-order valence-electron chi connectivity index (χ2n) is 4.86. The highest BCUT2D eigenvalue weighted by Gasteiger charge is 2.14. The van der Waals surface area contributed by atoms with Gasteiger partial charge in [0, 0.05) is 12.5 Å². The summed E-state index contributed by atoms with van der Waals surface area (Å²) in [5, 5.41) is 0. The van der Waals surface area contributed by atoms with E-state index in [0.29, 0.717) is 12.2 Å². The van der Waals surface area contributed by atoms with Gasteiger partial charge in [-0.15, -0.1) is 0 Å². The third kappa shape index (κ3) is 4.93. The first kappa shape index (κ1) is 13.4. The Balaban J connectivity index is 2.44.